The first kappa shape index (κ1) is 17.2. The molecule has 22 heavy (non-hydrogen) atoms. The SMILES string of the molecule is CC(C)c1cc(-c2ccccc2)c(C(C)C)c(P)c1C(C)C. The Kier molecular flexibility index (Phi) is 5.45. The molecule has 2 aromatic carbocycles. The molecule has 118 valence electrons. The first-order chi connectivity index (χ1) is 10.3. The summed E-state index contributed by atoms with van der Waals surface area (Å²) in [5.41, 5.74) is 7.21. The van der Waals surface area contributed by atoms with Crippen molar-refractivity contribution in [2.24, 2.45) is 0 Å². The van der Waals surface area contributed by atoms with Crippen LogP contribution in [0.4, 0.5) is 0 Å². The Balaban J connectivity index is 2.83. The first-order valence-electron chi connectivity index (χ1n) is 8.36. The maximum absolute atomic E-state index is 3.05. The van der Waals surface area contributed by atoms with E-state index in [-0.39, 0.29) is 0 Å². The summed E-state index contributed by atoms with van der Waals surface area (Å²) in [6, 6.07) is 13.2. The van der Waals surface area contributed by atoms with Gasteiger partial charge in [0.05, 0.1) is 0 Å². The van der Waals surface area contributed by atoms with Crippen LogP contribution in [0.1, 0.15) is 76.0 Å². The summed E-state index contributed by atoms with van der Waals surface area (Å²) < 4.78 is 0. The van der Waals surface area contributed by atoms with Gasteiger partial charge in [0, 0.05) is 0 Å². The quantitative estimate of drug-likeness (QED) is 0.587. The van der Waals surface area contributed by atoms with Gasteiger partial charge in [0.25, 0.3) is 0 Å². The molecule has 0 N–H and O–H groups in total. The van der Waals surface area contributed by atoms with E-state index in [1.54, 1.807) is 0 Å². The van der Waals surface area contributed by atoms with E-state index in [0.29, 0.717) is 17.8 Å². The lowest BCUT2D eigenvalue weighted by atomic mass is 9.82. The van der Waals surface area contributed by atoms with Gasteiger partial charge < -0.3 is 0 Å². The molecule has 0 saturated carbocycles. The van der Waals surface area contributed by atoms with Crippen molar-refractivity contribution in [1.82, 2.24) is 0 Å². The minimum absolute atomic E-state index is 0.515. The molecule has 0 fully saturated rings. The average Bonchev–Trinajstić information content (AvgIpc) is 2.46. The molecule has 2 rings (SSSR count). The highest BCUT2D eigenvalue weighted by molar-refractivity contribution is 7.27. The molecule has 0 saturated heterocycles. The Labute approximate surface area is 138 Å². The average molecular weight is 312 g/mol. The van der Waals surface area contributed by atoms with Gasteiger partial charge in [-0.2, -0.15) is 0 Å². The normalized spacial score (nSPS) is 11.7. The summed E-state index contributed by atoms with van der Waals surface area (Å²) >= 11 is 0. The molecular formula is C21H29P. The van der Waals surface area contributed by atoms with Crippen molar-refractivity contribution in [3.05, 3.63) is 53.1 Å². The van der Waals surface area contributed by atoms with E-state index in [1.165, 1.54) is 33.1 Å². The highest BCUT2D eigenvalue weighted by atomic mass is 31.0. The number of rotatable bonds is 4. The lowest BCUT2D eigenvalue weighted by Gasteiger charge is -2.26. The Hall–Kier alpha value is -1.13. The van der Waals surface area contributed by atoms with Crippen molar-refractivity contribution in [2.75, 3.05) is 0 Å². The van der Waals surface area contributed by atoms with E-state index >= 15 is 0 Å². The van der Waals surface area contributed by atoms with Gasteiger partial charge >= 0.3 is 0 Å². The van der Waals surface area contributed by atoms with E-state index in [9.17, 15) is 0 Å². The van der Waals surface area contributed by atoms with E-state index in [1.807, 2.05) is 0 Å². The highest BCUT2D eigenvalue weighted by Gasteiger charge is 2.21. The number of hydrogen-bond donors (Lipinski definition) is 0. The van der Waals surface area contributed by atoms with E-state index in [0.717, 1.165) is 0 Å². The van der Waals surface area contributed by atoms with Crippen LogP contribution in [0.25, 0.3) is 11.1 Å². The van der Waals surface area contributed by atoms with Crippen molar-refractivity contribution in [2.45, 2.75) is 59.3 Å². The molecule has 0 spiro atoms. The molecule has 0 aliphatic heterocycles. The van der Waals surface area contributed by atoms with Gasteiger partial charge in [-0.3, -0.25) is 0 Å². The predicted molar refractivity (Wildman–Crippen MR) is 103 cm³/mol. The number of benzene rings is 2. The van der Waals surface area contributed by atoms with Gasteiger partial charge in [-0.05, 0) is 50.9 Å². The molecule has 0 heterocycles. The van der Waals surface area contributed by atoms with Crippen LogP contribution in [-0.2, 0) is 0 Å². The molecular weight excluding hydrogens is 283 g/mol. The molecule has 1 heteroatoms. The van der Waals surface area contributed by atoms with E-state index < -0.39 is 0 Å². The highest BCUT2D eigenvalue weighted by Crippen LogP contribution is 2.36. The second-order valence-corrected chi connectivity index (χ2v) is 7.66. The number of hydrogen-bond acceptors (Lipinski definition) is 0. The van der Waals surface area contributed by atoms with Crippen molar-refractivity contribution >= 4 is 14.5 Å². The largest absolute Gasteiger partial charge is 0.105 e. The summed E-state index contributed by atoms with van der Waals surface area (Å²) in [6.45, 7) is 13.8. The third kappa shape index (κ3) is 3.28. The van der Waals surface area contributed by atoms with Gasteiger partial charge in [0.1, 0.15) is 0 Å². The molecule has 0 bridgehead atoms. The molecule has 0 aromatic heterocycles. The topological polar surface area (TPSA) is 0 Å². The van der Waals surface area contributed by atoms with Crippen molar-refractivity contribution in [3.8, 4) is 11.1 Å². The van der Waals surface area contributed by atoms with Crippen LogP contribution in [0.5, 0.6) is 0 Å². The second kappa shape index (κ2) is 6.97. The van der Waals surface area contributed by atoms with Crippen LogP contribution in [0.2, 0.25) is 0 Å². The summed E-state index contributed by atoms with van der Waals surface area (Å²) in [4.78, 5) is 0. The zero-order valence-corrected chi connectivity index (χ0v) is 15.9. The van der Waals surface area contributed by atoms with Gasteiger partial charge in [-0.25, -0.2) is 0 Å². The molecule has 0 nitrogen and oxygen atoms in total. The summed E-state index contributed by atoms with van der Waals surface area (Å²) in [5.74, 6) is 1.61. The maximum Gasteiger partial charge on any atom is -0.0140 e. The molecule has 2 aromatic rings. The van der Waals surface area contributed by atoms with Gasteiger partial charge in [-0.1, -0.05) is 77.9 Å². The van der Waals surface area contributed by atoms with Crippen LogP contribution < -0.4 is 5.30 Å². The fourth-order valence-electron chi connectivity index (χ4n) is 3.36. The molecule has 0 amide bonds. The Morgan fingerprint density at radius 2 is 1.27 bits per heavy atom. The van der Waals surface area contributed by atoms with Gasteiger partial charge in [0.2, 0.25) is 0 Å². The fraction of sp³-hybridized carbons (Fsp3) is 0.429. The Bertz CT molecular complexity index is 637. The summed E-state index contributed by atoms with van der Waals surface area (Å²) in [6.07, 6.45) is 0. The predicted octanol–water partition coefficient (Wildman–Crippen LogP) is 6.22. The lowest BCUT2D eigenvalue weighted by molar-refractivity contribution is 0.787. The van der Waals surface area contributed by atoms with Crippen LogP contribution in [0, 0.1) is 0 Å². The molecule has 1 unspecified atom stereocenters. The summed E-state index contributed by atoms with van der Waals surface area (Å²) in [5, 5.41) is 1.41. The standard InChI is InChI=1S/C21H29P/c1-13(2)17-12-18(16-10-8-7-9-11-16)20(15(5)6)21(22)19(17)14(3)4/h7-15H,22H2,1-6H3. The minimum atomic E-state index is 0.515. The monoisotopic (exact) mass is 312 g/mol. The van der Waals surface area contributed by atoms with Crippen LogP contribution in [-0.4, -0.2) is 0 Å². The second-order valence-electron chi connectivity index (χ2n) is 7.08. The maximum atomic E-state index is 3.05. The first-order valence-corrected chi connectivity index (χ1v) is 8.93. The van der Waals surface area contributed by atoms with Crippen molar-refractivity contribution in [3.63, 3.8) is 0 Å². The van der Waals surface area contributed by atoms with Crippen LogP contribution in [0.3, 0.4) is 0 Å². The van der Waals surface area contributed by atoms with E-state index in [4.69, 9.17) is 0 Å². The minimum Gasteiger partial charge on any atom is -0.105 e. The smallest absolute Gasteiger partial charge is 0.0140 e. The third-order valence-corrected chi connectivity index (χ3v) is 4.96. The van der Waals surface area contributed by atoms with E-state index in [2.05, 4.69) is 87.2 Å². The van der Waals surface area contributed by atoms with Gasteiger partial charge in [-0.15, -0.1) is 9.24 Å². The third-order valence-electron chi connectivity index (χ3n) is 4.34. The lowest BCUT2D eigenvalue weighted by Crippen LogP contribution is -2.17. The molecule has 0 aliphatic carbocycles. The van der Waals surface area contributed by atoms with Crippen molar-refractivity contribution < 1.29 is 0 Å². The molecule has 0 aliphatic rings. The molecule has 1 atom stereocenters. The Morgan fingerprint density at radius 1 is 0.727 bits per heavy atom. The Morgan fingerprint density at radius 3 is 1.73 bits per heavy atom. The zero-order valence-electron chi connectivity index (χ0n) is 14.8. The van der Waals surface area contributed by atoms with Crippen molar-refractivity contribution in [1.29, 1.82) is 0 Å². The van der Waals surface area contributed by atoms with Gasteiger partial charge in [0.15, 0.2) is 0 Å². The van der Waals surface area contributed by atoms with Crippen LogP contribution >= 0.6 is 9.24 Å². The summed E-state index contributed by atoms with van der Waals surface area (Å²) in [7, 11) is 3.05. The fourth-order valence-corrected chi connectivity index (χ4v) is 4.35. The molecule has 0 radical (unpaired) electrons. The van der Waals surface area contributed by atoms with Crippen LogP contribution in [0.15, 0.2) is 36.4 Å². The zero-order chi connectivity index (χ0) is 16.4.